The first-order valence-electron chi connectivity index (χ1n) is 9.01. The van der Waals surface area contributed by atoms with E-state index >= 15 is 0 Å². The molecule has 1 saturated heterocycles. The SMILES string of the molecule is C[C@H](OC(=O)[C@@H]1CC(=O)N(Cc2ccco2)C1)c1nc2ccccc2c(=O)[nH]1. The molecule has 0 saturated carbocycles. The predicted octanol–water partition coefficient (Wildman–Crippen LogP) is 2.17. The molecule has 3 aromatic rings. The molecule has 144 valence electrons. The molecule has 0 spiro atoms. The average molecular weight is 381 g/mol. The van der Waals surface area contributed by atoms with E-state index in [-0.39, 0.29) is 30.3 Å². The first-order chi connectivity index (χ1) is 13.5. The summed E-state index contributed by atoms with van der Waals surface area (Å²) in [6, 6.07) is 10.5. The number of rotatable bonds is 5. The van der Waals surface area contributed by atoms with E-state index in [0.29, 0.717) is 23.2 Å². The van der Waals surface area contributed by atoms with Crippen molar-refractivity contribution in [1.82, 2.24) is 14.9 Å². The number of benzene rings is 1. The monoisotopic (exact) mass is 381 g/mol. The third-order valence-electron chi connectivity index (χ3n) is 4.78. The quantitative estimate of drug-likeness (QED) is 0.679. The van der Waals surface area contributed by atoms with E-state index in [4.69, 9.17) is 9.15 Å². The molecule has 3 heterocycles. The maximum Gasteiger partial charge on any atom is 0.311 e. The van der Waals surface area contributed by atoms with Crippen molar-refractivity contribution in [2.24, 2.45) is 5.92 Å². The Labute approximate surface area is 160 Å². The summed E-state index contributed by atoms with van der Waals surface area (Å²) < 4.78 is 10.7. The number of ether oxygens (including phenoxy) is 1. The van der Waals surface area contributed by atoms with Gasteiger partial charge in [0, 0.05) is 13.0 Å². The van der Waals surface area contributed by atoms with E-state index in [1.54, 1.807) is 54.5 Å². The zero-order valence-corrected chi connectivity index (χ0v) is 15.3. The van der Waals surface area contributed by atoms with Crippen LogP contribution in [-0.4, -0.2) is 33.3 Å². The molecule has 0 unspecified atom stereocenters. The number of carbonyl (C=O) groups excluding carboxylic acids is 2. The molecule has 1 aliphatic heterocycles. The molecule has 2 atom stereocenters. The lowest BCUT2D eigenvalue weighted by Gasteiger charge is -2.17. The second-order valence-corrected chi connectivity index (χ2v) is 6.80. The molecule has 1 fully saturated rings. The molecule has 1 aliphatic rings. The molecule has 4 rings (SSSR count). The Morgan fingerprint density at radius 2 is 2.14 bits per heavy atom. The lowest BCUT2D eigenvalue weighted by Crippen LogP contribution is -2.27. The number of para-hydroxylation sites is 1. The van der Waals surface area contributed by atoms with Crippen LogP contribution in [0.1, 0.15) is 31.0 Å². The fourth-order valence-corrected chi connectivity index (χ4v) is 3.30. The van der Waals surface area contributed by atoms with E-state index in [0.717, 1.165) is 0 Å². The summed E-state index contributed by atoms with van der Waals surface area (Å²) in [6.45, 7) is 2.24. The van der Waals surface area contributed by atoms with Gasteiger partial charge in [0.25, 0.3) is 5.56 Å². The molecule has 1 aromatic carbocycles. The Kier molecular flexibility index (Phi) is 4.68. The first kappa shape index (κ1) is 18.0. The third-order valence-corrected chi connectivity index (χ3v) is 4.78. The van der Waals surface area contributed by atoms with E-state index in [1.165, 1.54) is 0 Å². The van der Waals surface area contributed by atoms with Crippen LogP contribution in [-0.2, 0) is 20.9 Å². The van der Waals surface area contributed by atoms with Gasteiger partial charge in [-0.25, -0.2) is 4.98 Å². The Bertz CT molecular complexity index is 1070. The minimum Gasteiger partial charge on any atom is -0.467 e. The standard InChI is InChI=1S/C20H19N3O5/c1-12(18-21-16-7-3-2-6-15(16)19(25)22-18)28-20(26)13-9-17(24)23(10-13)11-14-5-4-8-27-14/h2-8,12-13H,9-11H2,1H3,(H,21,22,25)/t12-,13+/m0/s1. The maximum atomic E-state index is 12.5. The topological polar surface area (TPSA) is 106 Å². The normalized spacial score (nSPS) is 17.8. The van der Waals surface area contributed by atoms with Gasteiger partial charge in [-0.05, 0) is 31.2 Å². The lowest BCUT2D eigenvalue weighted by atomic mass is 10.1. The summed E-state index contributed by atoms with van der Waals surface area (Å²) in [7, 11) is 0. The van der Waals surface area contributed by atoms with E-state index in [1.807, 2.05) is 0 Å². The number of hydrogen-bond acceptors (Lipinski definition) is 6. The van der Waals surface area contributed by atoms with Gasteiger partial charge < -0.3 is 19.0 Å². The molecular formula is C20H19N3O5. The molecule has 8 nitrogen and oxygen atoms in total. The Morgan fingerprint density at radius 1 is 1.32 bits per heavy atom. The van der Waals surface area contributed by atoms with Gasteiger partial charge in [0.1, 0.15) is 5.76 Å². The number of aromatic amines is 1. The fraction of sp³-hybridized carbons (Fsp3) is 0.300. The van der Waals surface area contributed by atoms with E-state index in [2.05, 4.69) is 9.97 Å². The van der Waals surface area contributed by atoms with Crippen LogP contribution >= 0.6 is 0 Å². The summed E-state index contributed by atoms with van der Waals surface area (Å²) in [6.07, 6.45) is 0.896. The summed E-state index contributed by atoms with van der Waals surface area (Å²) in [5.41, 5.74) is 0.244. The molecule has 1 amide bonds. The number of fused-ring (bicyclic) bond motifs is 1. The van der Waals surface area contributed by atoms with Crippen LogP contribution in [0, 0.1) is 5.92 Å². The van der Waals surface area contributed by atoms with Crippen molar-refractivity contribution in [1.29, 1.82) is 0 Å². The van der Waals surface area contributed by atoms with Gasteiger partial charge >= 0.3 is 5.97 Å². The number of furan rings is 1. The highest BCUT2D eigenvalue weighted by molar-refractivity contribution is 5.86. The molecule has 8 heteroatoms. The highest BCUT2D eigenvalue weighted by Crippen LogP contribution is 2.24. The van der Waals surface area contributed by atoms with Crippen molar-refractivity contribution in [2.75, 3.05) is 6.54 Å². The minimum absolute atomic E-state index is 0.0912. The maximum absolute atomic E-state index is 12.5. The second kappa shape index (κ2) is 7.30. The number of nitrogens with zero attached hydrogens (tertiary/aromatic N) is 2. The molecular weight excluding hydrogens is 362 g/mol. The van der Waals surface area contributed by atoms with Gasteiger partial charge in [-0.15, -0.1) is 0 Å². The summed E-state index contributed by atoms with van der Waals surface area (Å²) in [5.74, 6) is -0.235. The molecule has 28 heavy (non-hydrogen) atoms. The van der Waals surface area contributed by atoms with Gasteiger partial charge in [0.05, 0.1) is 29.6 Å². The fourth-order valence-electron chi connectivity index (χ4n) is 3.30. The molecule has 0 aliphatic carbocycles. The van der Waals surface area contributed by atoms with E-state index < -0.39 is 18.0 Å². The Morgan fingerprint density at radius 3 is 2.93 bits per heavy atom. The average Bonchev–Trinajstić information content (AvgIpc) is 3.32. The van der Waals surface area contributed by atoms with Crippen LogP contribution in [0.25, 0.3) is 10.9 Å². The van der Waals surface area contributed by atoms with Crippen molar-refractivity contribution in [3.05, 3.63) is 64.6 Å². The highest BCUT2D eigenvalue weighted by atomic mass is 16.5. The number of aromatic nitrogens is 2. The van der Waals surface area contributed by atoms with Gasteiger partial charge in [0.15, 0.2) is 11.9 Å². The number of nitrogens with one attached hydrogen (secondary N) is 1. The summed E-state index contributed by atoms with van der Waals surface area (Å²) in [5, 5.41) is 0.472. The van der Waals surface area contributed by atoms with Crippen LogP contribution in [0.2, 0.25) is 0 Å². The third kappa shape index (κ3) is 3.53. The zero-order valence-electron chi connectivity index (χ0n) is 15.3. The number of esters is 1. The molecule has 1 N–H and O–H groups in total. The number of likely N-dealkylation sites (tertiary alicyclic amines) is 1. The first-order valence-corrected chi connectivity index (χ1v) is 9.01. The Balaban J connectivity index is 1.43. The van der Waals surface area contributed by atoms with Gasteiger partial charge in [-0.3, -0.25) is 14.4 Å². The highest BCUT2D eigenvalue weighted by Gasteiger charge is 2.36. The summed E-state index contributed by atoms with van der Waals surface area (Å²) >= 11 is 0. The van der Waals surface area contributed by atoms with Gasteiger partial charge in [0.2, 0.25) is 5.91 Å². The van der Waals surface area contributed by atoms with Crippen LogP contribution < -0.4 is 5.56 Å². The predicted molar refractivity (Wildman–Crippen MR) is 99.1 cm³/mol. The van der Waals surface area contributed by atoms with Crippen molar-refractivity contribution in [2.45, 2.75) is 26.0 Å². The van der Waals surface area contributed by atoms with Crippen LogP contribution in [0.15, 0.2) is 51.9 Å². The largest absolute Gasteiger partial charge is 0.467 e. The van der Waals surface area contributed by atoms with Crippen molar-refractivity contribution in [3.8, 4) is 0 Å². The van der Waals surface area contributed by atoms with Crippen LogP contribution in [0.4, 0.5) is 0 Å². The molecule has 0 bridgehead atoms. The zero-order chi connectivity index (χ0) is 19.7. The number of carbonyl (C=O) groups is 2. The minimum atomic E-state index is -0.737. The number of hydrogen-bond donors (Lipinski definition) is 1. The molecule has 2 aromatic heterocycles. The van der Waals surface area contributed by atoms with Crippen LogP contribution in [0.3, 0.4) is 0 Å². The van der Waals surface area contributed by atoms with Gasteiger partial charge in [-0.2, -0.15) is 0 Å². The van der Waals surface area contributed by atoms with Crippen molar-refractivity contribution in [3.63, 3.8) is 0 Å². The van der Waals surface area contributed by atoms with Crippen LogP contribution in [0.5, 0.6) is 0 Å². The van der Waals surface area contributed by atoms with Gasteiger partial charge in [-0.1, -0.05) is 12.1 Å². The Hall–Kier alpha value is -3.42. The van der Waals surface area contributed by atoms with Crippen molar-refractivity contribution >= 4 is 22.8 Å². The smallest absolute Gasteiger partial charge is 0.311 e. The summed E-state index contributed by atoms with van der Waals surface area (Å²) in [4.78, 5) is 45.5. The second-order valence-electron chi connectivity index (χ2n) is 6.80. The van der Waals surface area contributed by atoms with E-state index in [9.17, 15) is 14.4 Å². The van der Waals surface area contributed by atoms with Crippen molar-refractivity contribution < 1.29 is 18.7 Å². The number of amides is 1. The molecule has 0 radical (unpaired) electrons. The lowest BCUT2D eigenvalue weighted by molar-refractivity contribution is -0.153. The number of H-pyrrole nitrogens is 1.